The van der Waals surface area contributed by atoms with E-state index in [0.29, 0.717) is 25.1 Å². The van der Waals surface area contributed by atoms with Crippen molar-refractivity contribution in [2.45, 2.75) is 32.7 Å². The maximum atomic E-state index is 12.1. The number of nitrogens with one attached hydrogen (secondary N) is 1. The zero-order chi connectivity index (χ0) is 13.5. The molecule has 0 fully saturated rings. The van der Waals surface area contributed by atoms with Gasteiger partial charge < -0.3 is 14.6 Å². The van der Waals surface area contributed by atoms with E-state index < -0.39 is 0 Å². The monoisotopic (exact) mass is 252 g/mol. The lowest BCUT2D eigenvalue weighted by atomic mass is 10.2. The average Bonchev–Trinajstić information content (AvgIpc) is 2.86. The highest BCUT2D eigenvalue weighted by Gasteiger charge is 2.20. The number of rotatable bonds is 6. The SMILES string of the molecule is CNC(=O)CCCN(C(=O)c1ccco1)C(C)C. The minimum atomic E-state index is -0.132. The lowest BCUT2D eigenvalue weighted by Crippen LogP contribution is -2.38. The molecule has 0 aliphatic carbocycles. The van der Waals surface area contributed by atoms with E-state index in [1.807, 2.05) is 13.8 Å². The van der Waals surface area contributed by atoms with E-state index in [0.717, 1.165) is 0 Å². The third-order valence-corrected chi connectivity index (χ3v) is 2.70. The van der Waals surface area contributed by atoms with E-state index >= 15 is 0 Å². The van der Waals surface area contributed by atoms with Crippen LogP contribution in [0.2, 0.25) is 0 Å². The number of carbonyl (C=O) groups is 2. The Bertz CT molecular complexity index is 385. The quantitative estimate of drug-likeness (QED) is 0.837. The fraction of sp³-hybridized carbons (Fsp3) is 0.538. The second-order valence-corrected chi connectivity index (χ2v) is 4.35. The highest BCUT2D eigenvalue weighted by molar-refractivity contribution is 5.91. The van der Waals surface area contributed by atoms with Crippen LogP contribution in [0.25, 0.3) is 0 Å². The molecule has 1 aromatic heterocycles. The highest BCUT2D eigenvalue weighted by Crippen LogP contribution is 2.10. The largest absolute Gasteiger partial charge is 0.459 e. The zero-order valence-electron chi connectivity index (χ0n) is 11.1. The molecule has 0 aliphatic rings. The van der Waals surface area contributed by atoms with Crippen molar-refractivity contribution < 1.29 is 14.0 Å². The molecule has 5 heteroatoms. The van der Waals surface area contributed by atoms with Crippen molar-refractivity contribution in [3.8, 4) is 0 Å². The predicted octanol–water partition coefficient (Wildman–Crippen LogP) is 1.66. The van der Waals surface area contributed by atoms with Crippen LogP contribution in [-0.4, -0.2) is 36.3 Å². The molecule has 1 rings (SSSR count). The number of furan rings is 1. The van der Waals surface area contributed by atoms with E-state index in [1.54, 1.807) is 24.1 Å². The summed E-state index contributed by atoms with van der Waals surface area (Å²) < 4.78 is 5.10. The van der Waals surface area contributed by atoms with Crippen molar-refractivity contribution in [2.75, 3.05) is 13.6 Å². The van der Waals surface area contributed by atoms with Crippen LogP contribution in [-0.2, 0) is 4.79 Å². The van der Waals surface area contributed by atoms with Gasteiger partial charge in [-0.25, -0.2) is 0 Å². The van der Waals surface area contributed by atoms with Gasteiger partial charge in [0.25, 0.3) is 5.91 Å². The van der Waals surface area contributed by atoms with Gasteiger partial charge in [0.15, 0.2) is 5.76 Å². The van der Waals surface area contributed by atoms with Gasteiger partial charge >= 0.3 is 0 Å². The smallest absolute Gasteiger partial charge is 0.289 e. The van der Waals surface area contributed by atoms with Crippen LogP contribution >= 0.6 is 0 Å². The molecular weight excluding hydrogens is 232 g/mol. The normalized spacial score (nSPS) is 10.4. The fourth-order valence-electron chi connectivity index (χ4n) is 1.67. The first kappa shape index (κ1) is 14.3. The summed E-state index contributed by atoms with van der Waals surface area (Å²) in [5.74, 6) is 0.194. The summed E-state index contributed by atoms with van der Waals surface area (Å²) in [5.41, 5.74) is 0. The molecule has 0 unspecified atom stereocenters. The van der Waals surface area contributed by atoms with Gasteiger partial charge in [0, 0.05) is 26.1 Å². The molecule has 0 saturated heterocycles. The maximum absolute atomic E-state index is 12.1. The molecule has 0 aromatic carbocycles. The number of nitrogens with zero attached hydrogens (tertiary/aromatic N) is 1. The minimum Gasteiger partial charge on any atom is -0.459 e. The molecule has 5 nitrogen and oxygen atoms in total. The summed E-state index contributed by atoms with van der Waals surface area (Å²) in [4.78, 5) is 25.0. The summed E-state index contributed by atoms with van der Waals surface area (Å²) in [5, 5.41) is 2.56. The topological polar surface area (TPSA) is 62.6 Å². The van der Waals surface area contributed by atoms with Gasteiger partial charge in [-0.05, 0) is 32.4 Å². The van der Waals surface area contributed by atoms with Gasteiger partial charge in [-0.1, -0.05) is 0 Å². The van der Waals surface area contributed by atoms with Crippen LogP contribution < -0.4 is 5.32 Å². The van der Waals surface area contributed by atoms with Gasteiger partial charge in [-0.3, -0.25) is 9.59 Å². The van der Waals surface area contributed by atoms with Crippen LogP contribution in [0.15, 0.2) is 22.8 Å². The van der Waals surface area contributed by atoms with Crippen LogP contribution in [0, 0.1) is 0 Å². The Morgan fingerprint density at radius 3 is 2.67 bits per heavy atom. The van der Waals surface area contributed by atoms with E-state index in [4.69, 9.17) is 4.42 Å². The maximum Gasteiger partial charge on any atom is 0.289 e. The molecule has 2 amide bonds. The summed E-state index contributed by atoms with van der Waals surface area (Å²) in [6.45, 7) is 4.44. The summed E-state index contributed by atoms with van der Waals surface area (Å²) in [7, 11) is 1.61. The molecular formula is C13H20N2O3. The molecule has 1 N–H and O–H groups in total. The fourth-order valence-corrected chi connectivity index (χ4v) is 1.67. The van der Waals surface area contributed by atoms with Crippen LogP contribution in [0.3, 0.4) is 0 Å². The molecule has 0 saturated carbocycles. The van der Waals surface area contributed by atoms with Crippen molar-refractivity contribution in [3.63, 3.8) is 0 Å². The third-order valence-electron chi connectivity index (χ3n) is 2.70. The first-order valence-electron chi connectivity index (χ1n) is 6.11. The molecule has 0 radical (unpaired) electrons. The first-order chi connectivity index (χ1) is 8.56. The molecule has 1 heterocycles. The van der Waals surface area contributed by atoms with Gasteiger partial charge in [-0.2, -0.15) is 0 Å². The van der Waals surface area contributed by atoms with Crippen molar-refractivity contribution in [1.29, 1.82) is 0 Å². The summed E-state index contributed by atoms with van der Waals surface area (Å²) in [6, 6.07) is 3.42. The van der Waals surface area contributed by atoms with Crippen molar-refractivity contribution >= 4 is 11.8 Å². The van der Waals surface area contributed by atoms with Crippen LogP contribution in [0.5, 0.6) is 0 Å². The second kappa shape index (κ2) is 6.83. The van der Waals surface area contributed by atoms with Crippen LogP contribution in [0.4, 0.5) is 0 Å². The van der Waals surface area contributed by atoms with E-state index in [-0.39, 0.29) is 17.9 Å². The first-order valence-corrected chi connectivity index (χ1v) is 6.11. The highest BCUT2D eigenvalue weighted by atomic mass is 16.3. The van der Waals surface area contributed by atoms with E-state index in [9.17, 15) is 9.59 Å². The number of hydrogen-bond donors (Lipinski definition) is 1. The Labute approximate surface area is 107 Å². The summed E-state index contributed by atoms with van der Waals surface area (Å²) in [6.07, 6.45) is 2.55. The van der Waals surface area contributed by atoms with Gasteiger partial charge in [0.1, 0.15) is 0 Å². The molecule has 0 aliphatic heterocycles. The Morgan fingerprint density at radius 1 is 1.44 bits per heavy atom. The summed E-state index contributed by atoms with van der Waals surface area (Å²) >= 11 is 0. The number of carbonyl (C=O) groups excluding carboxylic acids is 2. The van der Waals surface area contributed by atoms with Crippen LogP contribution in [0.1, 0.15) is 37.2 Å². The van der Waals surface area contributed by atoms with E-state index in [1.165, 1.54) is 6.26 Å². The van der Waals surface area contributed by atoms with E-state index in [2.05, 4.69) is 5.32 Å². The molecule has 0 bridgehead atoms. The van der Waals surface area contributed by atoms with Crippen molar-refractivity contribution in [3.05, 3.63) is 24.2 Å². The molecule has 0 atom stereocenters. The zero-order valence-corrected chi connectivity index (χ0v) is 11.1. The van der Waals surface area contributed by atoms with Gasteiger partial charge in [-0.15, -0.1) is 0 Å². The Hall–Kier alpha value is -1.78. The lowest BCUT2D eigenvalue weighted by Gasteiger charge is -2.25. The minimum absolute atomic E-state index is 0.0100. The van der Waals surface area contributed by atoms with Gasteiger partial charge in [0.2, 0.25) is 5.91 Å². The lowest BCUT2D eigenvalue weighted by molar-refractivity contribution is -0.120. The Kier molecular flexibility index (Phi) is 5.42. The van der Waals surface area contributed by atoms with Crippen molar-refractivity contribution in [1.82, 2.24) is 10.2 Å². The molecule has 0 spiro atoms. The molecule has 100 valence electrons. The third kappa shape index (κ3) is 3.91. The Balaban J connectivity index is 2.55. The standard InChI is InChI=1S/C13H20N2O3/c1-10(2)15(8-4-7-12(16)14-3)13(17)11-6-5-9-18-11/h5-6,9-10H,4,7-8H2,1-3H3,(H,14,16). The number of hydrogen-bond acceptors (Lipinski definition) is 3. The average molecular weight is 252 g/mol. The number of amides is 2. The van der Waals surface area contributed by atoms with Crippen molar-refractivity contribution in [2.24, 2.45) is 0 Å². The Morgan fingerprint density at radius 2 is 2.17 bits per heavy atom. The van der Waals surface area contributed by atoms with Gasteiger partial charge in [0.05, 0.1) is 6.26 Å². The molecule has 18 heavy (non-hydrogen) atoms. The second-order valence-electron chi connectivity index (χ2n) is 4.35. The predicted molar refractivity (Wildman–Crippen MR) is 68.2 cm³/mol. The molecule has 1 aromatic rings.